The number of likely N-dealkylation sites (tertiary alicyclic amines) is 1. The van der Waals surface area contributed by atoms with Gasteiger partial charge in [0.15, 0.2) is 11.5 Å². The van der Waals surface area contributed by atoms with Gasteiger partial charge in [-0.25, -0.2) is 0 Å². The normalized spacial score (nSPS) is 32.5. The first-order valence-corrected chi connectivity index (χ1v) is 12.5. The third-order valence-electron chi connectivity index (χ3n) is 9.13. The van der Waals surface area contributed by atoms with Crippen molar-refractivity contribution in [2.24, 2.45) is 0 Å². The number of anilines is 1. The molecule has 184 valence electrons. The number of nitrogens with zero attached hydrogens (tertiary/aromatic N) is 2. The number of rotatable bonds is 5. The molecule has 35 heavy (non-hydrogen) atoms. The van der Waals surface area contributed by atoms with Crippen LogP contribution in [0.5, 0.6) is 11.5 Å². The second-order valence-corrected chi connectivity index (χ2v) is 10.7. The van der Waals surface area contributed by atoms with Crippen LogP contribution in [-0.2, 0) is 23.1 Å². The molecular formula is C28H33N3O4. The molecule has 2 aliphatic carbocycles. The summed E-state index contributed by atoms with van der Waals surface area (Å²) in [7, 11) is 1.84. The maximum Gasteiger partial charge on any atom is 0.227 e. The minimum atomic E-state index is -0.998. The number of phenolic OH excluding ortho intramolecular Hbond substituents is 1. The van der Waals surface area contributed by atoms with Gasteiger partial charge in [0.05, 0.1) is 23.5 Å². The number of amides is 1. The lowest BCUT2D eigenvalue weighted by atomic mass is 9.48. The molecule has 2 aromatic rings. The van der Waals surface area contributed by atoms with Crippen LogP contribution in [0.15, 0.2) is 49.1 Å². The maximum absolute atomic E-state index is 13.4. The zero-order chi connectivity index (χ0) is 24.5. The molecule has 1 saturated heterocycles. The molecule has 1 saturated carbocycles. The number of carbonyl (C=O) groups excluding carboxylic acids is 1. The Morgan fingerprint density at radius 1 is 1.29 bits per heavy atom. The summed E-state index contributed by atoms with van der Waals surface area (Å²) in [6.07, 6.45) is 4.38. The van der Waals surface area contributed by atoms with Crippen molar-refractivity contribution in [1.82, 2.24) is 9.80 Å². The summed E-state index contributed by atoms with van der Waals surface area (Å²) in [4.78, 5) is 17.5. The van der Waals surface area contributed by atoms with Gasteiger partial charge in [-0.1, -0.05) is 24.3 Å². The van der Waals surface area contributed by atoms with Crippen molar-refractivity contribution in [3.8, 4) is 11.5 Å². The Morgan fingerprint density at radius 2 is 2.06 bits per heavy atom. The van der Waals surface area contributed by atoms with E-state index in [9.17, 15) is 15.0 Å². The van der Waals surface area contributed by atoms with E-state index in [2.05, 4.69) is 11.5 Å². The molecule has 7 nitrogen and oxygen atoms in total. The molecule has 4 aliphatic rings. The Labute approximate surface area is 205 Å². The topological polar surface area (TPSA) is 99.3 Å². The van der Waals surface area contributed by atoms with Crippen molar-refractivity contribution in [3.05, 3.63) is 65.7 Å². The predicted octanol–water partition coefficient (Wildman–Crippen LogP) is 2.38. The number of benzene rings is 2. The minimum absolute atomic E-state index is 0.00191. The number of nitrogens with two attached hydrogens (primary N) is 1. The van der Waals surface area contributed by atoms with Gasteiger partial charge < -0.3 is 25.6 Å². The van der Waals surface area contributed by atoms with Gasteiger partial charge in [0.2, 0.25) is 5.91 Å². The van der Waals surface area contributed by atoms with Crippen LogP contribution in [0.4, 0.5) is 5.69 Å². The smallest absolute Gasteiger partial charge is 0.227 e. The van der Waals surface area contributed by atoms with Crippen LogP contribution in [0.2, 0.25) is 0 Å². The fourth-order valence-electron chi connectivity index (χ4n) is 7.51. The lowest BCUT2D eigenvalue weighted by Gasteiger charge is -2.64. The lowest BCUT2D eigenvalue weighted by molar-refractivity contribution is -0.198. The van der Waals surface area contributed by atoms with Crippen LogP contribution in [0.25, 0.3) is 0 Å². The standard InChI is InChI=1S/C28H33N3O4/c1-3-13-31-14-12-27-24-18-6-9-21(32)25(24)35-26(27)20(10-11-28(27,34)22(31)16-18)30(2)23(33)15-17-4-7-19(29)8-5-17/h3-9,20,22,26,32,34H,1,10-16,29H2,2H3/t20-,22+,26-,27-,28+/m0/s1. The first kappa shape index (κ1) is 22.4. The van der Waals surface area contributed by atoms with E-state index in [4.69, 9.17) is 10.5 Å². The number of hydrogen-bond donors (Lipinski definition) is 3. The Balaban J connectivity index is 1.39. The van der Waals surface area contributed by atoms with Gasteiger partial charge in [0, 0.05) is 30.9 Å². The average molecular weight is 476 g/mol. The summed E-state index contributed by atoms with van der Waals surface area (Å²) < 4.78 is 6.56. The maximum atomic E-state index is 13.4. The molecule has 2 heterocycles. The summed E-state index contributed by atoms with van der Waals surface area (Å²) in [6, 6.07) is 10.8. The highest BCUT2D eigenvalue weighted by atomic mass is 16.5. The van der Waals surface area contributed by atoms with E-state index >= 15 is 0 Å². The first-order chi connectivity index (χ1) is 16.8. The molecule has 0 unspecified atom stereocenters. The monoisotopic (exact) mass is 475 g/mol. The van der Waals surface area contributed by atoms with E-state index in [0.717, 1.165) is 29.8 Å². The summed E-state index contributed by atoms with van der Waals surface area (Å²) in [5.74, 6) is 0.603. The van der Waals surface area contributed by atoms with Crippen LogP contribution in [0.1, 0.15) is 36.0 Å². The SMILES string of the molecule is C=CCN1CC[C@]23c4c5ccc(O)c4O[C@H]2[C@@H](N(C)C(=O)Cc2ccc(N)cc2)CC[C@@]3(O)[C@H]1C5. The van der Waals surface area contributed by atoms with Gasteiger partial charge in [-0.15, -0.1) is 6.58 Å². The second kappa shape index (κ2) is 7.73. The Morgan fingerprint density at radius 3 is 2.80 bits per heavy atom. The predicted molar refractivity (Wildman–Crippen MR) is 133 cm³/mol. The first-order valence-electron chi connectivity index (χ1n) is 12.5. The van der Waals surface area contributed by atoms with Crippen molar-refractivity contribution in [3.63, 3.8) is 0 Å². The van der Waals surface area contributed by atoms with Gasteiger partial charge >= 0.3 is 0 Å². The molecule has 0 aromatic heterocycles. The number of aliphatic hydroxyl groups is 1. The van der Waals surface area contributed by atoms with E-state index in [-0.39, 0.29) is 30.2 Å². The fourth-order valence-corrected chi connectivity index (χ4v) is 7.51. The molecule has 2 aliphatic heterocycles. The number of phenols is 1. The third-order valence-corrected chi connectivity index (χ3v) is 9.13. The van der Waals surface area contributed by atoms with E-state index in [1.165, 1.54) is 0 Å². The lowest BCUT2D eigenvalue weighted by Crippen LogP contribution is -2.78. The van der Waals surface area contributed by atoms with Crippen LogP contribution >= 0.6 is 0 Å². The molecule has 1 amide bonds. The summed E-state index contributed by atoms with van der Waals surface area (Å²) in [6.45, 7) is 5.46. The summed E-state index contributed by atoms with van der Waals surface area (Å²) in [5, 5.41) is 23.2. The number of hydrogen-bond acceptors (Lipinski definition) is 6. The zero-order valence-corrected chi connectivity index (χ0v) is 20.1. The molecule has 2 bridgehead atoms. The van der Waals surface area contributed by atoms with Gasteiger partial charge in [-0.05, 0) is 61.6 Å². The fraction of sp³-hybridized carbons (Fsp3) is 0.464. The average Bonchev–Trinajstić information content (AvgIpc) is 3.19. The minimum Gasteiger partial charge on any atom is -0.504 e. The van der Waals surface area contributed by atoms with E-state index in [1.807, 2.05) is 43.5 Å². The molecular weight excluding hydrogens is 442 g/mol. The Bertz CT molecular complexity index is 1200. The molecule has 6 rings (SSSR count). The van der Waals surface area contributed by atoms with Crippen molar-refractivity contribution in [2.45, 2.75) is 61.3 Å². The molecule has 2 aromatic carbocycles. The number of likely N-dealkylation sites (N-methyl/N-ethyl adjacent to an activating group) is 1. The molecule has 7 heteroatoms. The van der Waals surface area contributed by atoms with Crippen LogP contribution in [-0.4, -0.2) is 69.8 Å². The summed E-state index contributed by atoms with van der Waals surface area (Å²) in [5.41, 5.74) is 7.81. The number of aromatic hydroxyl groups is 1. The van der Waals surface area contributed by atoms with Crippen LogP contribution in [0.3, 0.4) is 0 Å². The number of piperidine rings is 1. The Hall–Kier alpha value is -3.03. The molecule has 4 N–H and O–H groups in total. The van der Waals surface area contributed by atoms with Gasteiger partial charge in [-0.2, -0.15) is 0 Å². The molecule has 2 fully saturated rings. The molecule has 1 spiro atoms. The van der Waals surface area contributed by atoms with Crippen molar-refractivity contribution < 1.29 is 19.7 Å². The highest BCUT2D eigenvalue weighted by molar-refractivity contribution is 5.79. The van der Waals surface area contributed by atoms with Crippen molar-refractivity contribution >= 4 is 11.6 Å². The Kier molecular flexibility index (Phi) is 4.96. The van der Waals surface area contributed by atoms with Gasteiger partial charge in [0.1, 0.15) is 6.10 Å². The summed E-state index contributed by atoms with van der Waals surface area (Å²) >= 11 is 0. The zero-order valence-electron chi connectivity index (χ0n) is 20.1. The highest BCUT2D eigenvalue weighted by Crippen LogP contribution is 2.65. The number of ether oxygens (including phenoxy) is 1. The van der Waals surface area contributed by atoms with E-state index in [0.29, 0.717) is 37.1 Å². The quantitative estimate of drug-likeness (QED) is 0.454. The highest BCUT2D eigenvalue weighted by Gasteiger charge is 2.73. The van der Waals surface area contributed by atoms with Crippen molar-refractivity contribution in [1.29, 1.82) is 0 Å². The molecule has 5 atom stereocenters. The largest absolute Gasteiger partial charge is 0.504 e. The second-order valence-electron chi connectivity index (χ2n) is 10.7. The van der Waals surface area contributed by atoms with Crippen LogP contribution in [0, 0.1) is 0 Å². The molecule has 0 radical (unpaired) electrons. The third kappa shape index (κ3) is 2.94. The van der Waals surface area contributed by atoms with E-state index < -0.39 is 17.1 Å². The van der Waals surface area contributed by atoms with Crippen molar-refractivity contribution in [2.75, 3.05) is 25.9 Å². The van der Waals surface area contributed by atoms with Crippen LogP contribution < -0.4 is 10.5 Å². The van der Waals surface area contributed by atoms with E-state index in [1.54, 1.807) is 11.0 Å². The van der Waals surface area contributed by atoms with Gasteiger partial charge in [0.25, 0.3) is 0 Å². The number of carbonyl (C=O) groups is 1. The number of nitrogen functional groups attached to an aromatic ring is 1. The van der Waals surface area contributed by atoms with Gasteiger partial charge in [-0.3, -0.25) is 9.69 Å².